The van der Waals surface area contributed by atoms with E-state index < -0.39 is 0 Å². The maximum Gasteiger partial charge on any atom is 0.0471 e. The van der Waals surface area contributed by atoms with Crippen molar-refractivity contribution < 1.29 is 0 Å². The summed E-state index contributed by atoms with van der Waals surface area (Å²) in [4.78, 5) is 2.51. The third-order valence-corrected chi connectivity index (χ3v) is 4.72. The number of benzene rings is 1. The zero-order valence-electron chi connectivity index (χ0n) is 11.7. The summed E-state index contributed by atoms with van der Waals surface area (Å²) in [6.45, 7) is 5.59. The van der Waals surface area contributed by atoms with Gasteiger partial charge < -0.3 is 10.2 Å². The van der Waals surface area contributed by atoms with Crippen molar-refractivity contribution in [2.45, 2.75) is 45.2 Å². The molecule has 1 N–H and O–H groups in total. The fourth-order valence-corrected chi connectivity index (χ4v) is 3.04. The zero-order valence-corrected chi connectivity index (χ0v) is 12.4. The van der Waals surface area contributed by atoms with Gasteiger partial charge in [0.2, 0.25) is 0 Å². The van der Waals surface area contributed by atoms with Crippen LogP contribution in [-0.2, 0) is 6.54 Å². The van der Waals surface area contributed by atoms with Gasteiger partial charge in [0.15, 0.2) is 0 Å². The molecule has 1 saturated heterocycles. The normalized spacial score (nSPS) is 20.8. The van der Waals surface area contributed by atoms with E-state index in [1.54, 1.807) is 0 Å². The summed E-state index contributed by atoms with van der Waals surface area (Å²) in [5, 5.41) is 4.50. The molecule has 1 aromatic rings. The minimum absolute atomic E-state index is 0.727. The lowest BCUT2D eigenvalue weighted by molar-refractivity contribution is 0.437. The molecule has 1 heterocycles. The molecular weight excluding hydrogens is 256 g/mol. The lowest BCUT2D eigenvalue weighted by Gasteiger charge is -2.33. The van der Waals surface area contributed by atoms with Crippen LogP contribution in [0.25, 0.3) is 0 Å². The number of anilines is 1. The summed E-state index contributed by atoms with van der Waals surface area (Å²) in [7, 11) is 0. The Bertz CT molecular complexity index is 434. The maximum atomic E-state index is 6.41. The molecule has 0 radical (unpaired) electrons. The molecule has 2 aliphatic rings. The molecule has 0 bridgehead atoms. The van der Waals surface area contributed by atoms with Crippen LogP contribution in [0, 0.1) is 5.92 Å². The van der Waals surface area contributed by atoms with Gasteiger partial charge >= 0.3 is 0 Å². The van der Waals surface area contributed by atoms with Crippen LogP contribution in [0.15, 0.2) is 18.2 Å². The molecule has 1 aliphatic carbocycles. The van der Waals surface area contributed by atoms with Crippen molar-refractivity contribution in [3.05, 3.63) is 28.8 Å². The number of piperidine rings is 1. The number of hydrogen-bond donors (Lipinski definition) is 1. The average Bonchev–Trinajstić information content (AvgIpc) is 3.22. The minimum atomic E-state index is 0.727. The van der Waals surface area contributed by atoms with Crippen molar-refractivity contribution in [2.75, 3.05) is 18.0 Å². The third kappa shape index (κ3) is 3.24. The van der Waals surface area contributed by atoms with Crippen LogP contribution < -0.4 is 10.2 Å². The molecule has 1 aromatic carbocycles. The number of hydrogen-bond acceptors (Lipinski definition) is 2. The standard InChI is InChI=1S/C16H23ClN2/c1-12-7-9-19(10-8-12)16-4-2-3-15(17)14(16)11-18-13-5-6-13/h2-4,12-13,18H,5-11H2,1H3. The molecular formula is C16H23ClN2. The second-order valence-corrected chi connectivity index (χ2v) is 6.47. The van der Waals surface area contributed by atoms with E-state index in [9.17, 15) is 0 Å². The lowest BCUT2D eigenvalue weighted by Crippen LogP contribution is -2.34. The average molecular weight is 279 g/mol. The molecule has 3 rings (SSSR count). The van der Waals surface area contributed by atoms with E-state index in [-0.39, 0.29) is 0 Å². The Morgan fingerprint density at radius 1 is 1.21 bits per heavy atom. The van der Waals surface area contributed by atoms with E-state index in [1.807, 2.05) is 6.07 Å². The molecule has 0 amide bonds. The fourth-order valence-electron chi connectivity index (χ4n) is 2.80. The largest absolute Gasteiger partial charge is 0.371 e. The Kier molecular flexibility index (Phi) is 3.99. The lowest BCUT2D eigenvalue weighted by atomic mass is 9.98. The second kappa shape index (κ2) is 5.72. The Balaban J connectivity index is 1.76. The highest BCUT2D eigenvalue weighted by Crippen LogP contribution is 2.31. The highest BCUT2D eigenvalue weighted by atomic mass is 35.5. The van der Waals surface area contributed by atoms with Crippen LogP contribution in [0.3, 0.4) is 0 Å². The van der Waals surface area contributed by atoms with E-state index >= 15 is 0 Å². The summed E-state index contributed by atoms with van der Waals surface area (Å²) >= 11 is 6.41. The molecule has 2 fully saturated rings. The first kappa shape index (κ1) is 13.3. The Hall–Kier alpha value is -0.730. The van der Waals surface area contributed by atoms with Crippen LogP contribution >= 0.6 is 11.6 Å². The predicted octanol–water partition coefficient (Wildman–Crippen LogP) is 3.83. The molecule has 104 valence electrons. The minimum Gasteiger partial charge on any atom is -0.371 e. The molecule has 3 heteroatoms. The van der Waals surface area contributed by atoms with Crippen molar-refractivity contribution in [3.63, 3.8) is 0 Å². The topological polar surface area (TPSA) is 15.3 Å². The van der Waals surface area contributed by atoms with E-state index in [2.05, 4.69) is 29.3 Å². The number of nitrogens with zero attached hydrogens (tertiary/aromatic N) is 1. The van der Waals surface area contributed by atoms with Gasteiger partial charge in [-0.05, 0) is 43.7 Å². The van der Waals surface area contributed by atoms with Crippen molar-refractivity contribution in [3.8, 4) is 0 Å². The predicted molar refractivity (Wildman–Crippen MR) is 81.9 cm³/mol. The molecule has 19 heavy (non-hydrogen) atoms. The van der Waals surface area contributed by atoms with Gasteiger partial charge in [0.25, 0.3) is 0 Å². The molecule has 2 nitrogen and oxygen atoms in total. The zero-order chi connectivity index (χ0) is 13.2. The van der Waals surface area contributed by atoms with Gasteiger partial charge in [-0.1, -0.05) is 24.6 Å². The third-order valence-electron chi connectivity index (χ3n) is 4.36. The summed E-state index contributed by atoms with van der Waals surface area (Å²) < 4.78 is 0. The summed E-state index contributed by atoms with van der Waals surface area (Å²) in [5.74, 6) is 0.864. The van der Waals surface area contributed by atoms with Crippen molar-refractivity contribution in [2.24, 2.45) is 5.92 Å². The van der Waals surface area contributed by atoms with Crippen LogP contribution in [0.2, 0.25) is 5.02 Å². The summed E-state index contributed by atoms with van der Waals surface area (Å²) in [6, 6.07) is 7.05. The second-order valence-electron chi connectivity index (χ2n) is 6.06. The number of halogens is 1. The van der Waals surface area contributed by atoms with Crippen LogP contribution in [0.1, 0.15) is 38.2 Å². The van der Waals surface area contributed by atoms with E-state index in [4.69, 9.17) is 11.6 Å². The van der Waals surface area contributed by atoms with Crippen molar-refractivity contribution >= 4 is 17.3 Å². The van der Waals surface area contributed by atoms with Gasteiger partial charge in [0.05, 0.1) is 0 Å². The van der Waals surface area contributed by atoms with Gasteiger partial charge in [-0.25, -0.2) is 0 Å². The Labute approximate surface area is 121 Å². The number of nitrogens with one attached hydrogen (secondary N) is 1. The van der Waals surface area contributed by atoms with Crippen LogP contribution in [0.5, 0.6) is 0 Å². The van der Waals surface area contributed by atoms with Crippen LogP contribution in [0.4, 0.5) is 5.69 Å². The maximum absolute atomic E-state index is 6.41. The molecule has 0 unspecified atom stereocenters. The fraction of sp³-hybridized carbons (Fsp3) is 0.625. The molecule has 0 atom stereocenters. The smallest absolute Gasteiger partial charge is 0.0471 e. The van der Waals surface area contributed by atoms with Crippen molar-refractivity contribution in [1.29, 1.82) is 0 Å². The van der Waals surface area contributed by atoms with Gasteiger partial charge in [-0.15, -0.1) is 0 Å². The molecule has 0 spiro atoms. The first-order valence-electron chi connectivity index (χ1n) is 7.50. The molecule has 1 aliphatic heterocycles. The van der Waals surface area contributed by atoms with Gasteiger partial charge in [-0.2, -0.15) is 0 Å². The van der Waals surface area contributed by atoms with Crippen molar-refractivity contribution in [1.82, 2.24) is 5.32 Å². The first-order valence-corrected chi connectivity index (χ1v) is 7.87. The quantitative estimate of drug-likeness (QED) is 0.900. The SMILES string of the molecule is CC1CCN(c2cccc(Cl)c2CNC2CC2)CC1. The van der Waals surface area contributed by atoms with E-state index in [0.717, 1.165) is 36.6 Å². The monoisotopic (exact) mass is 278 g/mol. The summed E-state index contributed by atoms with van der Waals surface area (Å²) in [5.41, 5.74) is 2.62. The van der Waals surface area contributed by atoms with Gasteiger partial charge in [0.1, 0.15) is 0 Å². The van der Waals surface area contributed by atoms with Gasteiger partial charge in [-0.3, -0.25) is 0 Å². The van der Waals surface area contributed by atoms with E-state index in [0.29, 0.717) is 0 Å². The van der Waals surface area contributed by atoms with Crippen LogP contribution in [-0.4, -0.2) is 19.1 Å². The Morgan fingerprint density at radius 3 is 2.63 bits per heavy atom. The Morgan fingerprint density at radius 2 is 1.95 bits per heavy atom. The van der Waals surface area contributed by atoms with E-state index in [1.165, 1.54) is 36.9 Å². The summed E-state index contributed by atoms with van der Waals surface area (Å²) in [6.07, 6.45) is 5.23. The highest BCUT2D eigenvalue weighted by Gasteiger charge is 2.23. The first-order chi connectivity index (χ1) is 9.24. The van der Waals surface area contributed by atoms with Gasteiger partial charge in [0, 0.05) is 41.9 Å². The highest BCUT2D eigenvalue weighted by molar-refractivity contribution is 6.31. The molecule has 0 aromatic heterocycles. The number of rotatable bonds is 4. The molecule has 1 saturated carbocycles.